The number of carbonyl (C=O) groups is 1. The van der Waals surface area contributed by atoms with Crippen LogP contribution < -0.4 is 15.1 Å². The number of halogens is 2. The summed E-state index contributed by atoms with van der Waals surface area (Å²) in [5, 5.41) is 8.66. The number of piperazine rings is 1. The van der Waals surface area contributed by atoms with Gasteiger partial charge in [0.05, 0.1) is 17.1 Å². The van der Waals surface area contributed by atoms with Crippen LogP contribution in [-0.2, 0) is 0 Å². The Morgan fingerprint density at radius 1 is 1.14 bits per heavy atom. The number of ether oxygens (including phenoxy) is 1. The van der Waals surface area contributed by atoms with Crippen LogP contribution in [0.4, 0.5) is 19.3 Å². The molecule has 1 N–H and O–H groups in total. The fourth-order valence-corrected chi connectivity index (χ4v) is 4.47. The molecule has 1 aromatic carbocycles. The summed E-state index contributed by atoms with van der Waals surface area (Å²) in [6, 6.07) is 1.01. The van der Waals surface area contributed by atoms with E-state index in [2.05, 4.69) is 9.64 Å². The molecule has 2 atom stereocenters. The fourth-order valence-electron chi connectivity index (χ4n) is 4.47. The van der Waals surface area contributed by atoms with Crippen molar-refractivity contribution in [3.8, 4) is 5.75 Å². The molecule has 1 aromatic heterocycles. The average molecular weight is 391 g/mol. The summed E-state index contributed by atoms with van der Waals surface area (Å²) in [5.41, 5.74) is -0.911. The van der Waals surface area contributed by atoms with Crippen LogP contribution in [0, 0.1) is 11.6 Å². The topological polar surface area (TPSA) is 75.0 Å². The van der Waals surface area contributed by atoms with Crippen molar-refractivity contribution in [1.29, 1.82) is 0 Å². The zero-order chi connectivity index (χ0) is 19.6. The summed E-state index contributed by atoms with van der Waals surface area (Å²) < 4.78 is 36.7. The normalized spacial score (nSPS) is 24.0. The highest BCUT2D eigenvalue weighted by molar-refractivity contribution is 5.86. The molecule has 7 nitrogen and oxygen atoms in total. The van der Waals surface area contributed by atoms with Gasteiger partial charge in [-0.1, -0.05) is 0 Å². The molecule has 2 bridgehead atoms. The highest BCUT2D eigenvalue weighted by atomic mass is 19.1. The van der Waals surface area contributed by atoms with Gasteiger partial charge in [0.25, 0.3) is 0 Å². The smallest absolute Gasteiger partial charge is 0.449 e. The van der Waals surface area contributed by atoms with E-state index in [1.807, 2.05) is 0 Å². The minimum absolute atomic E-state index is 0.0158. The lowest BCUT2D eigenvalue weighted by Gasteiger charge is -2.36. The van der Waals surface area contributed by atoms with Crippen molar-refractivity contribution in [3.63, 3.8) is 0 Å². The maximum absolute atomic E-state index is 15.6. The monoisotopic (exact) mass is 391 g/mol. The number of hydrogen-bond donors (Lipinski definition) is 1. The summed E-state index contributed by atoms with van der Waals surface area (Å²) in [4.78, 5) is 27.6. The van der Waals surface area contributed by atoms with Gasteiger partial charge in [-0.15, -0.1) is 0 Å². The molecule has 9 heteroatoms. The Labute approximate surface area is 158 Å². The molecule has 148 valence electrons. The summed E-state index contributed by atoms with van der Waals surface area (Å²) in [7, 11) is 0. The summed E-state index contributed by atoms with van der Waals surface area (Å²) >= 11 is 0. The molecule has 0 radical (unpaired) electrons. The van der Waals surface area contributed by atoms with Crippen LogP contribution in [0.2, 0.25) is 0 Å². The van der Waals surface area contributed by atoms with E-state index in [0.29, 0.717) is 6.54 Å². The van der Waals surface area contributed by atoms with E-state index >= 15 is 8.78 Å². The van der Waals surface area contributed by atoms with Crippen molar-refractivity contribution < 1.29 is 23.4 Å². The van der Waals surface area contributed by atoms with E-state index in [1.165, 1.54) is 10.8 Å². The van der Waals surface area contributed by atoms with Crippen molar-refractivity contribution in [3.05, 3.63) is 34.1 Å². The molecule has 2 aromatic rings. The highest BCUT2D eigenvalue weighted by Gasteiger charge is 2.37. The van der Waals surface area contributed by atoms with Crippen LogP contribution in [0.3, 0.4) is 0 Å². The van der Waals surface area contributed by atoms with Gasteiger partial charge < -0.3 is 19.3 Å². The van der Waals surface area contributed by atoms with Crippen LogP contribution in [0.5, 0.6) is 5.75 Å². The lowest BCUT2D eigenvalue weighted by Crippen LogP contribution is -2.47. The van der Waals surface area contributed by atoms with E-state index in [0.717, 1.165) is 45.0 Å². The first kappa shape index (κ1) is 17.4. The minimum Gasteiger partial charge on any atom is -0.449 e. The molecule has 3 heterocycles. The van der Waals surface area contributed by atoms with E-state index < -0.39 is 29.0 Å². The first-order valence-electron chi connectivity index (χ1n) is 9.40. The van der Waals surface area contributed by atoms with E-state index in [4.69, 9.17) is 5.11 Å². The van der Waals surface area contributed by atoms with Crippen LogP contribution in [0.1, 0.15) is 25.3 Å². The summed E-state index contributed by atoms with van der Waals surface area (Å²) in [5.74, 6) is -2.01. The molecule has 5 rings (SSSR count). The number of fused-ring (bicyclic) bond motifs is 3. The van der Waals surface area contributed by atoms with Crippen LogP contribution in [-0.4, -0.2) is 52.9 Å². The van der Waals surface area contributed by atoms with Crippen molar-refractivity contribution in [2.24, 2.45) is 0 Å². The second-order valence-electron chi connectivity index (χ2n) is 7.68. The number of rotatable bonds is 3. The van der Waals surface area contributed by atoms with Gasteiger partial charge >= 0.3 is 6.16 Å². The predicted molar refractivity (Wildman–Crippen MR) is 97.2 cm³/mol. The Morgan fingerprint density at radius 3 is 2.64 bits per heavy atom. The third-order valence-electron chi connectivity index (χ3n) is 5.92. The zero-order valence-electron chi connectivity index (χ0n) is 15.0. The van der Waals surface area contributed by atoms with Crippen LogP contribution in [0.15, 0.2) is 17.1 Å². The largest absolute Gasteiger partial charge is 0.511 e. The summed E-state index contributed by atoms with van der Waals surface area (Å²) in [6.07, 6.45) is 1.98. The van der Waals surface area contributed by atoms with Gasteiger partial charge in [-0.3, -0.25) is 9.69 Å². The molecule has 0 amide bonds. The van der Waals surface area contributed by atoms with Crippen molar-refractivity contribution in [2.75, 3.05) is 31.1 Å². The molecular formula is C19H19F2N3O4. The molecule has 28 heavy (non-hydrogen) atoms. The lowest BCUT2D eigenvalue weighted by molar-refractivity contribution is 0.143. The molecule has 1 saturated carbocycles. The average Bonchev–Trinajstić information content (AvgIpc) is 3.42. The van der Waals surface area contributed by atoms with Crippen molar-refractivity contribution >= 4 is 22.7 Å². The molecular weight excluding hydrogens is 372 g/mol. The number of hydrogen-bond acceptors (Lipinski definition) is 5. The first-order chi connectivity index (χ1) is 13.4. The predicted octanol–water partition coefficient (Wildman–Crippen LogP) is 2.57. The Balaban J connectivity index is 1.73. The highest BCUT2D eigenvalue weighted by Crippen LogP contribution is 2.41. The Hall–Kier alpha value is -2.68. The van der Waals surface area contributed by atoms with Crippen molar-refractivity contribution in [2.45, 2.75) is 31.3 Å². The number of pyridine rings is 1. The number of anilines is 1. The molecule has 3 aliphatic rings. The number of aromatic nitrogens is 1. The maximum atomic E-state index is 15.6. The lowest BCUT2D eigenvalue weighted by atomic mass is 10.1. The van der Waals surface area contributed by atoms with Gasteiger partial charge in [-0.05, 0) is 25.3 Å². The Bertz CT molecular complexity index is 1050. The van der Waals surface area contributed by atoms with Gasteiger partial charge in [0.15, 0.2) is 11.6 Å². The molecule has 2 aliphatic heterocycles. The molecule has 0 spiro atoms. The SMILES string of the molecule is O=C(O)Oc1cn(C2CC2)c2c(F)c(N3CCN4CCC3C4)c(F)cc2c1=O. The van der Waals surface area contributed by atoms with Crippen LogP contribution >= 0.6 is 0 Å². The fraction of sp³-hybridized carbons (Fsp3) is 0.474. The Morgan fingerprint density at radius 2 is 1.93 bits per heavy atom. The number of nitrogens with zero attached hydrogens (tertiary/aromatic N) is 3. The molecule has 2 saturated heterocycles. The third kappa shape index (κ3) is 2.64. The second-order valence-corrected chi connectivity index (χ2v) is 7.68. The first-order valence-corrected chi connectivity index (χ1v) is 9.40. The second kappa shape index (κ2) is 6.16. The van der Waals surface area contributed by atoms with Crippen LogP contribution in [0.25, 0.3) is 10.9 Å². The minimum atomic E-state index is -1.64. The van der Waals surface area contributed by atoms with Gasteiger partial charge in [-0.25, -0.2) is 13.6 Å². The number of carboxylic acid groups (broad SMARTS) is 1. The van der Waals surface area contributed by atoms with E-state index in [-0.39, 0.29) is 28.7 Å². The van der Waals surface area contributed by atoms with Crippen molar-refractivity contribution in [1.82, 2.24) is 9.47 Å². The number of benzene rings is 1. The van der Waals surface area contributed by atoms with Gasteiger partial charge in [0.1, 0.15) is 11.5 Å². The third-order valence-corrected chi connectivity index (χ3v) is 5.92. The van der Waals surface area contributed by atoms with E-state index in [1.54, 1.807) is 4.90 Å². The molecule has 1 aliphatic carbocycles. The summed E-state index contributed by atoms with van der Waals surface area (Å²) in [6.45, 7) is 2.96. The van der Waals surface area contributed by atoms with Gasteiger partial charge in [0.2, 0.25) is 5.43 Å². The molecule has 2 unspecified atom stereocenters. The van der Waals surface area contributed by atoms with Gasteiger partial charge in [-0.2, -0.15) is 0 Å². The standard InChI is InChI=1S/C19H19F2N3O4/c20-13-7-12-16(15(21)17(13)23-6-5-22-4-3-11(23)8-22)24(10-1-2-10)9-14(18(12)25)28-19(26)27/h7,9-11H,1-6,8H2,(H,26,27). The van der Waals surface area contributed by atoms with Gasteiger partial charge in [0, 0.05) is 38.3 Å². The quantitative estimate of drug-likeness (QED) is 0.811. The zero-order valence-corrected chi connectivity index (χ0v) is 15.0. The Kier molecular flexibility index (Phi) is 3.84. The molecule has 3 fully saturated rings. The van der Waals surface area contributed by atoms with E-state index in [9.17, 15) is 9.59 Å². The maximum Gasteiger partial charge on any atom is 0.511 e.